The number of amides is 2. The van der Waals surface area contributed by atoms with Gasteiger partial charge in [-0.25, -0.2) is 9.97 Å². The van der Waals surface area contributed by atoms with Gasteiger partial charge in [-0.2, -0.15) is 0 Å². The van der Waals surface area contributed by atoms with Crippen LogP contribution in [-0.4, -0.2) is 26.8 Å². The number of aromatic nitrogens is 3. The van der Waals surface area contributed by atoms with E-state index in [1.165, 1.54) is 19.3 Å². The Hall–Kier alpha value is -4.26. The number of H-pyrrole nitrogens is 1. The predicted octanol–water partition coefficient (Wildman–Crippen LogP) is 6.12. The molecule has 3 N–H and O–H groups in total. The molecule has 182 valence electrons. The Morgan fingerprint density at radius 3 is 2.53 bits per heavy atom. The molecule has 1 aliphatic carbocycles. The monoisotopic (exact) mass is 479 g/mol. The summed E-state index contributed by atoms with van der Waals surface area (Å²) in [6.45, 7) is 5.83. The highest BCUT2D eigenvalue weighted by Crippen LogP contribution is 2.33. The van der Waals surface area contributed by atoms with E-state index in [-0.39, 0.29) is 17.7 Å². The van der Waals surface area contributed by atoms with Crippen molar-refractivity contribution in [2.75, 3.05) is 10.6 Å². The van der Waals surface area contributed by atoms with Gasteiger partial charge in [-0.1, -0.05) is 43.0 Å². The van der Waals surface area contributed by atoms with Crippen LogP contribution in [0.3, 0.4) is 0 Å². The fourth-order valence-electron chi connectivity index (χ4n) is 4.35. The van der Waals surface area contributed by atoms with Gasteiger partial charge < -0.3 is 15.6 Å². The SMILES string of the molecule is C=CC(CC1CCC1)C(=O)Nc1ccc(-c2nc3cc(NC(=O)c4ccc(C)cc4)ncc3[nH]2)cc1. The number of hydrogen-bond acceptors (Lipinski definition) is 4. The second-order valence-electron chi connectivity index (χ2n) is 9.43. The van der Waals surface area contributed by atoms with Gasteiger partial charge in [0.05, 0.1) is 23.1 Å². The molecule has 1 unspecified atom stereocenters. The molecular weight excluding hydrogens is 450 g/mol. The Balaban J connectivity index is 1.26. The second-order valence-corrected chi connectivity index (χ2v) is 9.43. The normalized spacial score (nSPS) is 14.1. The van der Waals surface area contributed by atoms with Crippen molar-refractivity contribution in [3.8, 4) is 11.4 Å². The summed E-state index contributed by atoms with van der Waals surface area (Å²) < 4.78 is 0. The number of imidazole rings is 1. The zero-order chi connectivity index (χ0) is 25.1. The topological polar surface area (TPSA) is 99.8 Å². The van der Waals surface area contributed by atoms with Crippen LogP contribution in [0.25, 0.3) is 22.4 Å². The first-order valence-electron chi connectivity index (χ1n) is 12.3. The van der Waals surface area contributed by atoms with E-state index in [2.05, 4.69) is 32.2 Å². The van der Waals surface area contributed by atoms with E-state index in [9.17, 15) is 9.59 Å². The molecule has 1 saturated carbocycles. The molecule has 5 rings (SSSR count). The van der Waals surface area contributed by atoms with Gasteiger partial charge in [-0.3, -0.25) is 9.59 Å². The summed E-state index contributed by atoms with van der Waals surface area (Å²) in [5, 5.41) is 5.83. The van der Waals surface area contributed by atoms with Crippen molar-refractivity contribution in [1.82, 2.24) is 15.0 Å². The second kappa shape index (κ2) is 10.2. The van der Waals surface area contributed by atoms with Crippen LogP contribution >= 0.6 is 0 Å². The lowest BCUT2D eigenvalue weighted by Crippen LogP contribution is -2.25. The summed E-state index contributed by atoms with van der Waals surface area (Å²) in [5.41, 5.74) is 4.74. The number of aromatic amines is 1. The average Bonchev–Trinajstić information content (AvgIpc) is 3.27. The molecule has 36 heavy (non-hydrogen) atoms. The highest BCUT2D eigenvalue weighted by atomic mass is 16.2. The van der Waals surface area contributed by atoms with Crippen molar-refractivity contribution in [2.24, 2.45) is 11.8 Å². The first-order chi connectivity index (χ1) is 17.5. The summed E-state index contributed by atoms with van der Waals surface area (Å²) in [6, 6.07) is 16.7. The van der Waals surface area contributed by atoms with Crippen LogP contribution in [0.1, 0.15) is 41.6 Å². The Morgan fingerprint density at radius 2 is 1.86 bits per heavy atom. The molecule has 2 aromatic heterocycles. The summed E-state index contributed by atoms with van der Waals surface area (Å²) >= 11 is 0. The summed E-state index contributed by atoms with van der Waals surface area (Å²) in [7, 11) is 0. The van der Waals surface area contributed by atoms with E-state index >= 15 is 0 Å². The lowest BCUT2D eigenvalue weighted by atomic mass is 9.79. The van der Waals surface area contributed by atoms with E-state index < -0.39 is 0 Å². The number of anilines is 2. The van der Waals surface area contributed by atoms with Gasteiger partial charge in [-0.15, -0.1) is 6.58 Å². The van der Waals surface area contributed by atoms with Crippen LogP contribution in [0.15, 0.2) is 73.4 Å². The van der Waals surface area contributed by atoms with Gasteiger partial charge >= 0.3 is 0 Å². The molecule has 0 saturated heterocycles. The average molecular weight is 480 g/mol. The number of nitrogens with one attached hydrogen (secondary N) is 3. The van der Waals surface area contributed by atoms with Gasteiger partial charge in [-0.05, 0) is 55.7 Å². The minimum Gasteiger partial charge on any atom is -0.337 e. The van der Waals surface area contributed by atoms with Crippen molar-refractivity contribution >= 4 is 34.4 Å². The highest BCUT2D eigenvalue weighted by molar-refractivity contribution is 6.04. The maximum Gasteiger partial charge on any atom is 0.256 e. The fraction of sp³-hybridized carbons (Fsp3) is 0.241. The third-order valence-electron chi connectivity index (χ3n) is 6.78. The molecule has 1 fully saturated rings. The van der Waals surface area contributed by atoms with E-state index in [0.717, 1.165) is 28.8 Å². The number of hydrogen-bond donors (Lipinski definition) is 3. The zero-order valence-corrected chi connectivity index (χ0v) is 20.3. The predicted molar refractivity (Wildman–Crippen MR) is 143 cm³/mol. The largest absolute Gasteiger partial charge is 0.337 e. The summed E-state index contributed by atoms with van der Waals surface area (Å²) in [5.74, 6) is 1.35. The van der Waals surface area contributed by atoms with Gasteiger partial charge in [0.25, 0.3) is 5.91 Å². The number of nitrogens with zero attached hydrogens (tertiary/aromatic N) is 2. The first-order valence-corrected chi connectivity index (χ1v) is 12.3. The van der Waals surface area contributed by atoms with Crippen molar-refractivity contribution in [1.29, 1.82) is 0 Å². The molecule has 2 amide bonds. The number of benzene rings is 2. The Bertz CT molecular complexity index is 1400. The third kappa shape index (κ3) is 5.20. The van der Waals surface area contributed by atoms with Gasteiger partial charge in [0.2, 0.25) is 5.91 Å². The van der Waals surface area contributed by atoms with Crippen LogP contribution in [0, 0.1) is 18.8 Å². The van der Waals surface area contributed by atoms with Crippen molar-refractivity contribution in [3.05, 3.63) is 84.6 Å². The van der Waals surface area contributed by atoms with Crippen LogP contribution < -0.4 is 10.6 Å². The molecule has 7 nitrogen and oxygen atoms in total. The molecule has 0 radical (unpaired) electrons. The standard InChI is InChI=1S/C29H29N5O2/c1-3-20(15-19-5-4-6-19)28(35)31-23-13-11-21(12-14-23)27-32-24-16-26(30-17-25(24)33-27)34-29(36)22-9-7-18(2)8-10-22/h3,7-14,16-17,19-20H,1,4-6,15H2,2H3,(H,31,35)(H,32,33)(H,30,34,36). The molecule has 2 aromatic carbocycles. The number of carbonyl (C=O) groups excluding carboxylic acids is 2. The smallest absolute Gasteiger partial charge is 0.256 e. The van der Waals surface area contributed by atoms with Crippen molar-refractivity contribution < 1.29 is 9.59 Å². The number of fused-ring (bicyclic) bond motifs is 1. The van der Waals surface area contributed by atoms with E-state index in [0.29, 0.717) is 28.6 Å². The van der Waals surface area contributed by atoms with Gasteiger partial charge in [0.1, 0.15) is 11.6 Å². The Labute approximate surface area is 210 Å². The van der Waals surface area contributed by atoms with Crippen molar-refractivity contribution in [3.63, 3.8) is 0 Å². The maximum atomic E-state index is 12.7. The minimum absolute atomic E-state index is 0.0142. The molecular formula is C29H29N5O2. The highest BCUT2D eigenvalue weighted by Gasteiger charge is 2.24. The third-order valence-corrected chi connectivity index (χ3v) is 6.78. The van der Waals surface area contributed by atoms with Gasteiger partial charge in [0, 0.05) is 22.9 Å². The summed E-state index contributed by atoms with van der Waals surface area (Å²) in [4.78, 5) is 37.5. The van der Waals surface area contributed by atoms with E-state index in [1.54, 1.807) is 30.5 Å². The van der Waals surface area contributed by atoms with Crippen LogP contribution in [0.2, 0.25) is 0 Å². The zero-order valence-electron chi connectivity index (χ0n) is 20.3. The van der Waals surface area contributed by atoms with Crippen LogP contribution in [0.4, 0.5) is 11.5 Å². The number of pyridine rings is 1. The molecule has 0 bridgehead atoms. The number of carbonyl (C=O) groups is 2. The van der Waals surface area contributed by atoms with Crippen LogP contribution in [-0.2, 0) is 4.79 Å². The minimum atomic E-state index is -0.221. The van der Waals surface area contributed by atoms with E-state index in [1.807, 2.05) is 43.3 Å². The lowest BCUT2D eigenvalue weighted by molar-refractivity contribution is -0.119. The molecule has 4 aromatic rings. The van der Waals surface area contributed by atoms with Crippen molar-refractivity contribution in [2.45, 2.75) is 32.6 Å². The number of rotatable bonds is 8. The molecule has 2 heterocycles. The van der Waals surface area contributed by atoms with Gasteiger partial charge in [0.15, 0.2) is 0 Å². The lowest BCUT2D eigenvalue weighted by Gasteiger charge is -2.27. The summed E-state index contributed by atoms with van der Waals surface area (Å²) in [6.07, 6.45) is 7.96. The first kappa shape index (κ1) is 23.5. The Kier molecular flexibility index (Phi) is 6.62. The maximum absolute atomic E-state index is 12.7. The molecule has 1 atom stereocenters. The fourth-order valence-corrected chi connectivity index (χ4v) is 4.35. The number of aryl methyl sites for hydroxylation is 1. The quantitative estimate of drug-likeness (QED) is 0.265. The molecule has 0 aliphatic heterocycles. The van der Waals surface area contributed by atoms with Crippen LogP contribution in [0.5, 0.6) is 0 Å². The Morgan fingerprint density at radius 1 is 1.11 bits per heavy atom. The molecule has 0 spiro atoms. The molecule has 1 aliphatic rings. The molecule has 7 heteroatoms. The van der Waals surface area contributed by atoms with E-state index in [4.69, 9.17) is 0 Å².